The molecule has 0 aromatic heterocycles. The third kappa shape index (κ3) is 5.48. The molecule has 17 heavy (non-hydrogen) atoms. The lowest BCUT2D eigenvalue weighted by molar-refractivity contribution is 0.0846. The van der Waals surface area contributed by atoms with Gasteiger partial charge >= 0.3 is 0 Å². The fourth-order valence-electron chi connectivity index (χ4n) is 1.55. The standard InChI is InChI=1S/C12H17F2NOS/c1-12(16,8-17-2)7-15-6-9-3-10(13)5-11(14)4-9/h3-5,15-16H,6-8H2,1-2H3. The molecule has 0 fully saturated rings. The van der Waals surface area contributed by atoms with E-state index in [1.807, 2.05) is 6.26 Å². The minimum atomic E-state index is -0.814. The van der Waals surface area contributed by atoms with Gasteiger partial charge in [-0.2, -0.15) is 11.8 Å². The lowest BCUT2D eigenvalue weighted by atomic mass is 10.1. The van der Waals surface area contributed by atoms with Crippen molar-refractivity contribution in [3.05, 3.63) is 35.4 Å². The van der Waals surface area contributed by atoms with E-state index < -0.39 is 17.2 Å². The second-order valence-corrected chi connectivity index (χ2v) is 5.18. The monoisotopic (exact) mass is 261 g/mol. The molecule has 0 saturated heterocycles. The molecule has 0 saturated carbocycles. The number of benzene rings is 1. The SMILES string of the molecule is CSCC(C)(O)CNCc1cc(F)cc(F)c1. The number of aliphatic hydroxyl groups is 1. The minimum Gasteiger partial charge on any atom is -0.388 e. The molecule has 0 aliphatic heterocycles. The van der Waals surface area contributed by atoms with E-state index in [0.717, 1.165) is 6.07 Å². The maximum absolute atomic E-state index is 12.9. The molecule has 0 aliphatic rings. The van der Waals surface area contributed by atoms with E-state index in [1.165, 1.54) is 12.1 Å². The Morgan fingerprint density at radius 2 is 1.88 bits per heavy atom. The van der Waals surface area contributed by atoms with Gasteiger partial charge in [0, 0.05) is 24.9 Å². The van der Waals surface area contributed by atoms with Crippen LogP contribution in [0.3, 0.4) is 0 Å². The molecule has 1 rings (SSSR count). The van der Waals surface area contributed by atoms with Crippen molar-refractivity contribution in [2.45, 2.75) is 19.1 Å². The van der Waals surface area contributed by atoms with E-state index in [1.54, 1.807) is 18.7 Å². The van der Waals surface area contributed by atoms with Gasteiger partial charge in [0.15, 0.2) is 0 Å². The minimum absolute atomic E-state index is 0.333. The zero-order valence-corrected chi connectivity index (χ0v) is 10.8. The van der Waals surface area contributed by atoms with Crippen molar-refractivity contribution in [2.24, 2.45) is 0 Å². The van der Waals surface area contributed by atoms with E-state index in [9.17, 15) is 13.9 Å². The second-order valence-electron chi connectivity index (χ2n) is 4.31. The van der Waals surface area contributed by atoms with Crippen LogP contribution in [0.4, 0.5) is 8.78 Å². The van der Waals surface area contributed by atoms with Crippen LogP contribution in [0, 0.1) is 11.6 Å². The predicted octanol–water partition coefficient (Wildman–Crippen LogP) is 2.17. The number of rotatable bonds is 6. The van der Waals surface area contributed by atoms with Crippen molar-refractivity contribution >= 4 is 11.8 Å². The van der Waals surface area contributed by atoms with Gasteiger partial charge in [-0.05, 0) is 30.9 Å². The molecule has 1 aromatic carbocycles. The number of halogens is 2. The van der Waals surface area contributed by atoms with E-state index >= 15 is 0 Å². The van der Waals surface area contributed by atoms with Crippen molar-refractivity contribution in [2.75, 3.05) is 18.6 Å². The van der Waals surface area contributed by atoms with Gasteiger partial charge in [0.25, 0.3) is 0 Å². The third-order valence-electron chi connectivity index (χ3n) is 2.21. The number of thioether (sulfide) groups is 1. The van der Waals surface area contributed by atoms with Gasteiger partial charge in [-0.1, -0.05) is 0 Å². The topological polar surface area (TPSA) is 32.3 Å². The molecule has 0 amide bonds. The van der Waals surface area contributed by atoms with E-state index in [4.69, 9.17) is 0 Å². The van der Waals surface area contributed by atoms with Crippen LogP contribution < -0.4 is 5.32 Å². The first-order valence-electron chi connectivity index (χ1n) is 5.30. The quantitative estimate of drug-likeness (QED) is 0.823. The Kier molecular flexibility index (Phi) is 5.36. The van der Waals surface area contributed by atoms with Gasteiger partial charge in [0.1, 0.15) is 11.6 Å². The molecule has 2 N–H and O–H groups in total. The van der Waals surface area contributed by atoms with E-state index in [-0.39, 0.29) is 0 Å². The fraction of sp³-hybridized carbons (Fsp3) is 0.500. The first-order valence-corrected chi connectivity index (χ1v) is 6.69. The maximum Gasteiger partial charge on any atom is 0.126 e. The summed E-state index contributed by atoms with van der Waals surface area (Å²) in [4.78, 5) is 0. The number of nitrogens with one attached hydrogen (secondary N) is 1. The summed E-state index contributed by atoms with van der Waals surface area (Å²) in [6.07, 6.45) is 1.91. The average molecular weight is 261 g/mol. The highest BCUT2D eigenvalue weighted by molar-refractivity contribution is 7.98. The van der Waals surface area contributed by atoms with E-state index in [2.05, 4.69) is 5.32 Å². The first kappa shape index (κ1) is 14.4. The normalized spacial score (nSPS) is 14.6. The van der Waals surface area contributed by atoms with Crippen molar-refractivity contribution in [1.82, 2.24) is 5.32 Å². The Bertz CT molecular complexity index is 351. The summed E-state index contributed by atoms with van der Waals surface area (Å²) in [5.74, 6) is -0.562. The maximum atomic E-state index is 12.9. The molecule has 0 heterocycles. The zero-order chi connectivity index (χ0) is 12.9. The van der Waals surface area contributed by atoms with E-state index in [0.29, 0.717) is 24.4 Å². The summed E-state index contributed by atoms with van der Waals surface area (Å²) in [5.41, 5.74) is -0.284. The largest absolute Gasteiger partial charge is 0.388 e. The molecule has 0 radical (unpaired) electrons. The Labute approximate surface area is 104 Å². The van der Waals surface area contributed by atoms with Gasteiger partial charge in [-0.3, -0.25) is 0 Å². The Balaban J connectivity index is 2.45. The highest BCUT2D eigenvalue weighted by Crippen LogP contribution is 2.11. The van der Waals surface area contributed by atoms with Gasteiger partial charge in [-0.25, -0.2) is 8.78 Å². The first-order chi connectivity index (χ1) is 7.93. The fourth-order valence-corrected chi connectivity index (χ4v) is 2.28. The van der Waals surface area contributed by atoms with Crippen molar-refractivity contribution in [3.8, 4) is 0 Å². The zero-order valence-electron chi connectivity index (χ0n) is 9.96. The summed E-state index contributed by atoms with van der Waals surface area (Å²) in [7, 11) is 0. The van der Waals surface area contributed by atoms with Crippen LogP contribution in [0.1, 0.15) is 12.5 Å². The highest BCUT2D eigenvalue weighted by atomic mass is 32.2. The molecule has 1 atom stereocenters. The molecule has 0 bridgehead atoms. The second kappa shape index (κ2) is 6.33. The lowest BCUT2D eigenvalue weighted by Crippen LogP contribution is -2.39. The van der Waals surface area contributed by atoms with Gasteiger partial charge in [0.05, 0.1) is 5.60 Å². The molecule has 0 spiro atoms. The molecule has 1 unspecified atom stereocenters. The Hall–Kier alpha value is -0.650. The summed E-state index contributed by atoms with van der Waals surface area (Å²) in [6.45, 7) is 2.44. The molecule has 96 valence electrons. The molecule has 2 nitrogen and oxygen atoms in total. The molecular formula is C12H17F2NOS. The van der Waals surface area contributed by atoms with Crippen LogP contribution in [0.15, 0.2) is 18.2 Å². The van der Waals surface area contributed by atoms with Gasteiger partial charge in [0.2, 0.25) is 0 Å². The van der Waals surface area contributed by atoms with Crippen LogP contribution in [-0.2, 0) is 6.54 Å². The van der Waals surface area contributed by atoms with Crippen LogP contribution in [0.25, 0.3) is 0 Å². The Morgan fingerprint density at radius 3 is 2.41 bits per heavy atom. The summed E-state index contributed by atoms with van der Waals surface area (Å²) in [6, 6.07) is 3.39. The molecule has 1 aromatic rings. The average Bonchev–Trinajstić information content (AvgIpc) is 2.15. The van der Waals surface area contributed by atoms with Crippen LogP contribution in [-0.4, -0.2) is 29.3 Å². The summed E-state index contributed by atoms with van der Waals surface area (Å²) >= 11 is 1.55. The van der Waals surface area contributed by atoms with Crippen LogP contribution in [0.2, 0.25) is 0 Å². The third-order valence-corrected chi connectivity index (χ3v) is 3.12. The van der Waals surface area contributed by atoms with Crippen molar-refractivity contribution in [1.29, 1.82) is 0 Å². The summed E-state index contributed by atoms with van der Waals surface area (Å²) < 4.78 is 25.8. The van der Waals surface area contributed by atoms with Gasteiger partial charge < -0.3 is 10.4 Å². The molecule has 5 heteroatoms. The lowest BCUT2D eigenvalue weighted by Gasteiger charge is -2.22. The van der Waals surface area contributed by atoms with Crippen LogP contribution >= 0.6 is 11.8 Å². The number of hydrogen-bond acceptors (Lipinski definition) is 3. The smallest absolute Gasteiger partial charge is 0.126 e. The Morgan fingerprint density at radius 1 is 1.29 bits per heavy atom. The highest BCUT2D eigenvalue weighted by Gasteiger charge is 2.18. The summed E-state index contributed by atoms with van der Waals surface area (Å²) in [5, 5.41) is 12.9. The predicted molar refractivity (Wildman–Crippen MR) is 67.1 cm³/mol. The van der Waals surface area contributed by atoms with Crippen molar-refractivity contribution in [3.63, 3.8) is 0 Å². The molecule has 0 aliphatic carbocycles. The molecular weight excluding hydrogens is 244 g/mol. The van der Waals surface area contributed by atoms with Crippen LogP contribution in [0.5, 0.6) is 0 Å². The number of hydrogen-bond donors (Lipinski definition) is 2. The van der Waals surface area contributed by atoms with Crippen molar-refractivity contribution < 1.29 is 13.9 Å². The van der Waals surface area contributed by atoms with Gasteiger partial charge in [-0.15, -0.1) is 0 Å².